The van der Waals surface area contributed by atoms with Gasteiger partial charge in [-0.05, 0) is 5.56 Å². The van der Waals surface area contributed by atoms with Crippen molar-refractivity contribution < 1.29 is 66.1 Å². The number of Topliss-reactive ketones (excluding diaryl/α,β-unsaturated/α-hetero) is 1. The maximum atomic E-state index is 10.7. The van der Waals surface area contributed by atoms with E-state index in [0.29, 0.717) is 5.56 Å². The van der Waals surface area contributed by atoms with E-state index in [1.807, 2.05) is 0 Å². The number of ketones is 1. The molecule has 0 aliphatic carbocycles. The van der Waals surface area contributed by atoms with Crippen LogP contribution in [0.1, 0.15) is 5.56 Å². The van der Waals surface area contributed by atoms with Crippen LogP contribution in [-0.4, -0.2) is 11.8 Å². The molecular formula is C9H7KO3. The van der Waals surface area contributed by atoms with Crippen LogP contribution in [-0.2, 0) is 16.0 Å². The van der Waals surface area contributed by atoms with Gasteiger partial charge in [-0.2, -0.15) is 0 Å². The first-order valence-corrected chi connectivity index (χ1v) is 3.48. The molecule has 0 bridgehead atoms. The summed E-state index contributed by atoms with van der Waals surface area (Å²) in [7, 11) is 0. The molecule has 13 heavy (non-hydrogen) atoms. The summed E-state index contributed by atoms with van der Waals surface area (Å²) in [6.45, 7) is 0. The van der Waals surface area contributed by atoms with Crippen LogP contribution in [0, 0.1) is 0 Å². The summed E-state index contributed by atoms with van der Waals surface area (Å²) in [4.78, 5) is 20.7. The van der Waals surface area contributed by atoms with Gasteiger partial charge >= 0.3 is 51.4 Å². The van der Waals surface area contributed by atoms with Crippen molar-refractivity contribution in [2.75, 3.05) is 0 Å². The molecule has 0 aliphatic rings. The number of carboxylic acids is 1. The van der Waals surface area contributed by atoms with Crippen molar-refractivity contribution in [3.8, 4) is 0 Å². The van der Waals surface area contributed by atoms with Crippen LogP contribution in [0.25, 0.3) is 0 Å². The maximum absolute atomic E-state index is 10.7. The van der Waals surface area contributed by atoms with Crippen molar-refractivity contribution >= 4 is 11.8 Å². The second-order valence-corrected chi connectivity index (χ2v) is 2.37. The molecule has 0 aliphatic heterocycles. The van der Waals surface area contributed by atoms with E-state index in [1.54, 1.807) is 30.3 Å². The van der Waals surface area contributed by atoms with Gasteiger partial charge in [0, 0.05) is 6.42 Å². The molecule has 0 heterocycles. The Morgan fingerprint density at radius 2 is 1.69 bits per heavy atom. The van der Waals surface area contributed by atoms with Gasteiger partial charge in [0.05, 0.1) is 0 Å². The molecule has 0 saturated carbocycles. The predicted octanol–water partition coefficient (Wildman–Crippen LogP) is -3.45. The van der Waals surface area contributed by atoms with Crippen LogP contribution >= 0.6 is 0 Å². The van der Waals surface area contributed by atoms with Crippen LogP contribution in [0.5, 0.6) is 0 Å². The van der Waals surface area contributed by atoms with Crippen molar-refractivity contribution in [3.63, 3.8) is 0 Å². The average Bonchev–Trinajstić information content (AvgIpc) is 2.06. The Labute approximate surface area is 119 Å². The Bertz CT molecular complexity index is 295. The molecule has 0 fully saturated rings. The van der Waals surface area contributed by atoms with E-state index in [0.717, 1.165) is 0 Å². The zero-order valence-electron chi connectivity index (χ0n) is 7.32. The first kappa shape index (κ1) is 13.0. The van der Waals surface area contributed by atoms with E-state index in [-0.39, 0.29) is 57.8 Å². The third-order valence-corrected chi connectivity index (χ3v) is 1.44. The fourth-order valence-electron chi connectivity index (χ4n) is 0.853. The van der Waals surface area contributed by atoms with Gasteiger partial charge in [-0.15, -0.1) is 0 Å². The number of carboxylic acid groups (broad SMARTS) is 1. The smallest absolute Gasteiger partial charge is 0.542 e. The molecule has 0 N–H and O–H groups in total. The number of benzene rings is 1. The van der Waals surface area contributed by atoms with Crippen LogP contribution in [0.3, 0.4) is 0 Å². The molecule has 4 heteroatoms. The summed E-state index contributed by atoms with van der Waals surface area (Å²) in [6, 6.07) is 8.68. The second kappa shape index (κ2) is 6.45. The van der Waals surface area contributed by atoms with Crippen molar-refractivity contribution in [2.45, 2.75) is 6.42 Å². The molecule has 0 saturated heterocycles. The minimum absolute atomic E-state index is 0. The van der Waals surface area contributed by atoms with E-state index in [1.165, 1.54) is 0 Å². The van der Waals surface area contributed by atoms with Gasteiger partial charge in [-0.3, -0.25) is 4.79 Å². The molecule has 1 aromatic carbocycles. The molecule has 62 valence electrons. The zero-order chi connectivity index (χ0) is 8.97. The molecule has 0 aromatic heterocycles. The van der Waals surface area contributed by atoms with Crippen LogP contribution in [0.4, 0.5) is 0 Å². The first-order valence-electron chi connectivity index (χ1n) is 3.48. The molecule has 1 rings (SSSR count). The number of rotatable bonds is 3. The Balaban J connectivity index is 0.00000144. The van der Waals surface area contributed by atoms with Crippen molar-refractivity contribution in [1.29, 1.82) is 0 Å². The molecule has 0 unspecified atom stereocenters. The Hall–Kier alpha value is -0.00364. The van der Waals surface area contributed by atoms with Gasteiger partial charge in [0.1, 0.15) is 5.97 Å². The van der Waals surface area contributed by atoms with E-state index < -0.39 is 11.8 Å². The van der Waals surface area contributed by atoms with E-state index in [2.05, 4.69) is 0 Å². The maximum Gasteiger partial charge on any atom is 1.00 e. The van der Waals surface area contributed by atoms with Gasteiger partial charge < -0.3 is 9.90 Å². The standard InChI is InChI=1S/C9H8O3.K/c10-8(9(11)12)6-7-4-2-1-3-5-7;/h1-5H,6H2,(H,11,12);/q;+1/p-1. The van der Waals surface area contributed by atoms with Gasteiger partial charge in [-0.25, -0.2) is 0 Å². The fraction of sp³-hybridized carbons (Fsp3) is 0.111. The van der Waals surface area contributed by atoms with Crippen LogP contribution in [0.2, 0.25) is 0 Å². The van der Waals surface area contributed by atoms with Gasteiger partial charge in [-0.1, -0.05) is 30.3 Å². The summed E-state index contributed by atoms with van der Waals surface area (Å²) < 4.78 is 0. The summed E-state index contributed by atoms with van der Waals surface area (Å²) in [6.07, 6.45) is -0.0941. The largest absolute Gasteiger partial charge is 1.00 e. The number of hydrogen-bond donors (Lipinski definition) is 0. The predicted molar refractivity (Wildman–Crippen MR) is 40.2 cm³/mol. The topological polar surface area (TPSA) is 57.2 Å². The molecule has 0 radical (unpaired) electrons. The van der Waals surface area contributed by atoms with E-state index >= 15 is 0 Å². The van der Waals surface area contributed by atoms with Crippen molar-refractivity contribution in [3.05, 3.63) is 35.9 Å². The molecule has 3 nitrogen and oxygen atoms in total. The number of carbonyl (C=O) groups is 2. The monoisotopic (exact) mass is 202 g/mol. The zero-order valence-corrected chi connectivity index (χ0v) is 10.4. The second-order valence-electron chi connectivity index (χ2n) is 2.37. The summed E-state index contributed by atoms with van der Waals surface area (Å²) in [5.74, 6) is -2.51. The SMILES string of the molecule is O=C([O-])C(=O)Cc1ccccc1.[K+]. The van der Waals surface area contributed by atoms with Crippen molar-refractivity contribution in [2.24, 2.45) is 0 Å². The quantitative estimate of drug-likeness (QED) is 0.378. The van der Waals surface area contributed by atoms with Gasteiger partial charge in [0.2, 0.25) is 0 Å². The minimum Gasteiger partial charge on any atom is -0.542 e. The summed E-state index contributed by atoms with van der Waals surface area (Å²) >= 11 is 0. The van der Waals surface area contributed by atoms with Gasteiger partial charge in [0.15, 0.2) is 5.78 Å². The summed E-state index contributed by atoms with van der Waals surface area (Å²) in [5, 5.41) is 10.0. The van der Waals surface area contributed by atoms with Crippen LogP contribution in [0.15, 0.2) is 30.3 Å². The van der Waals surface area contributed by atoms with E-state index in [9.17, 15) is 14.7 Å². The third-order valence-electron chi connectivity index (χ3n) is 1.44. The van der Waals surface area contributed by atoms with Crippen LogP contribution < -0.4 is 56.5 Å². The Morgan fingerprint density at radius 1 is 1.15 bits per heavy atom. The third kappa shape index (κ3) is 4.68. The number of carbonyl (C=O) groups excluding carboxylic acids is 2. The molecule has 0 spiro atoms. The molecular weight excluding hydrogens is 195 g/mol. The normalized spacial score (nSPS) is 8.62. The number of hydrogen-bond acceptors (Lipinski definition) is 3. The fourth-order valence-corrected chi connectivity index (χ4v) is 0.853. The Morgan fingerprint density at radius 3 is 2.15 bits per heavy atom. The Kier molecular flexibility index (Phi) is 6.45. The van der Waals surface area contributed by atoms with E-state index in [4.69, 9.17) is 0 Å². The molecule has 1 aromatic rings. The molecule has 0 amide bonds. The van der Waals surface area contributed by atoms with Crippen molar-refractivity contribution in [1.82, 2.24) is 0 Å². The average molecular weight is 202 g/mol. The first-order chi connectivity index (χ1) is 5.70. The number of aliphatic carboxylic acids is 1. The minimum atomic E-state index is -1.63. The summed E-state index contributed by atoms with van der Waals surface area (Å²) in [5.41, 5.74) is 0.687. The van der Waals surface area contributed by atoms with Gasteiger partial charge in [0.25, 0.3) is 0 Å². The molecule has 0 atom stereocenters.